The molecule has 0 radical (unpaired) electrons. The highest BCUT2D eigenvalue weighted by Gasteiger charge is 2.44. The van der Waals surface area contributed by atoms with Crippen LogP contribution in [-0.2, 0) is 0 Å². The molecule has 0 saturated carbocycles. The number of hydrogen-bond donors (Lipinski definition) is 0. The first kappa shape index (κ1) is 28.6. The zero-order chi connectivity index (χ0) is 28.2. The number of hydrogen-bond acceptors (Lipinski definition) is 5. The van der Waals surface area contributed by atoms with Gasteiger partial charge in [-0.2, -0.15) is 0 Å². The van der Waals surface area contributed by atoms with Crippen molar-refractivity contribution in [3.05, 3.63) is 92.4 Å². The number of likely N-dealkylation sites (N-methyl/N-ethyl adjacent to an activating group) is 1. The largest absolute Gasteiger partial charge is 0.497 e. The van der Waals surface area contributed by atoms with E-state index in [2.05, 4.69) is 67.9 Å². The molecule has 1 saturated heterocycles. The quantitative estimate of drug-likeness (QED) is 0.274. The van der Waals surface area contributed by atoms with Crippen molar-refractivity contribution in [1.29, 1.82) is 0 Å². The molecule has 9 heteroatoms. The lowest BCUT2D eigenvalue weighted by Gasteiger charge is -2.38. The van der Waals surface area contributed by atoms with Gasteiger partial charge in [-0.3, -0.25) is 9.89 Å². The van der Waals surface area contributed by atoms with E-state index in [-0.39, 0.29) is 18.1 Å². The Morgan fingerprint density at radius 2 is 1.52 bits per heavy atom. The molecule has 40 heavy (non-hydrogen) atoms. The Morgan fingerprint density at radius 3 is 2.10 bits per heavy atom. The van der Waals surface area contributed by atoms with Crippen LogP contribution in [0.15, 0.2) is 80.7 Å². The van der Waals surface area contributed by atoms with Gasteiger partial charge in [-0.25, -0.2) is 4.79 Å². The van der Waals surface area contributed by atoms with Crippen molar-refractivity contribution >= 4 is 43.7 Å². The Labute approximate surface area is 253 Å². The lowest BCUT2D eigenvalue weighted by atomic mass is 9.94. The fraction of sp³-hybridized carbons (Fsp3) is 0.355. The normalized spacial score (nSPS) is 19.5. The summed E-state index contributed by atoms with van der Waals surface area (Å²) in [6, 6.07) is 21.4. The van der Waals surface area contributed by atoms with Crippen LogP contribution in [-0.4, -0.2) is 73.0 Å². The molecule has 0 aromatic heterocycles. The number of rotatable bonds is 7. The molecule has 210 valence electrons. The molecule has 0 spiro atoms. The lowest BCUT2D eigenvalue weighted by molar-refractivity contribution is 0.122. The fourth-order valence-corrected chi connectivity index (χ4v) is 5.88. The van der Waals surface area contributed by atoms with Crippen molar-refractivity contribution in [1.82, 2.24) is 14.7 Å². The number of halogens is 2. The van der Waals surface area contributed by atoms with E-state index >= 15 is 0 Å². The minimum Gasteiger partial charge on any atom is -0.497 e. The van der Waals surface area contributed by atoms with Crippen molar-refractivity contribution in [2.75, 3.05) is 46.4 Å². The third kappa shape index (κ3) is 5.92. The maximum atomic E-state index is 14.5. The molecule has 2 atom stereocenters. The molecule has 2 unspecified atom stereocenters. The summed E-state index contributed by atoms with van der Waals surface area (Å²) < 4.78 is 13.5. The van der Waals surface area contributed by atoms with Crippen LogP contribution in [0.2, 0.25) is 0 Å². The Kier molecular flexibility index (Phi) is 9.13. The second-order valence-electron chi connectivity index (χ2n) is 9.81. The van der Waals surface area contributed by atoms with Gasteiger partial charge in [-0.05, 0) is 61.0 Å². The number of urea groups is 1. The van der Waals surface area contributed by atoms with E-state index in [1.54, 1.807) is 7.11 Å². The van der Waals surface area contributed by atoms with Gasteiger partial charge in [0, 0.05) is 41.2 Å². The molecule has 1 fully saturated rings. The van der Waals surface area contributed by atoms with Gasteiger partial charge in [0.2, 0.25) is 0 Å². The summed E-state index contributed by atoms with van der Waals surface area (Å²) in [5, 5.41) is 0. The number of nitrogens with zero attached hydrogens (tertiary/aromatic N) is 4. The highest BCUT2D eigenvalue weighted by molar-refractivity contribution is 9.10. The molecule has 2 aliphatic heterocycles. The molecule has 3 aromatic rings. The standard InChI is InChI=1S/C31H34Br2N4O3/c1-4-35-16-18-36(19-17-35)31(38)37-29(22-8-12-24(33)13-9-22)28(21-6-10-23(32)11-7-21)34-30(37)26-15-14-25(39-3)20-27(26)40-5-2/h6-15,20,28-29H,4-5,16-19H2,1-3H3. The maximum absolute atomic E-state index is 14.5. The zero-order valence-electron chi connectivity index (χ0n) is 23.0. The summed E-state index contributed by atoms with van der Waals surface area (Å²) in [7, 11) is 1.64. The van der Waals surface area contributed by atoms with E-state index in [0.717, 1.165) is 45.3 Å². The third-order valence-corrected chi connectivity index (χ3v) is 8.57. The van der Waals surface area contributed by atoms with Crippen molar-refractivity contribution in [2.24, 2.45) is 4.99 Å². The highest BCUT2D eigenvalue weighted by atomic mass is 79.9. The first-order valence-corrected chi connectivity index (χ1v) is 15.2. The SMILES string of the molecule is CCOc1cc(OC)ccc1C1=NC(c2ccc(Br)cc2)C(c2ccc(Br)cc2)N1C(=O)N1CCN(CC)CC1. The minimum absolute atomic E-state index is 0.0414. The number of benzene rings is 3. The number of amidine groups is 1. The van der Waals surface area contributed by atoms with Gasteiger partial charge in [0.15, 0.2) is 0 Å². The second kappa shape index (κ2) is 12.7. The second-order valence-corrected chi connectivity index (χ2v) is 11.6. The van der Waals surface area contributed by atoms with Crippen LogP contribution in [0.5, 0.6) is 11.5 Å². The average Bonchev–Trinajstić information content (AvgIpc) is 3.38. The summed E-state index contributed by atoms with van der Waals surface area (Å²) >= 11 is 7.14. The molecule has 3 aromatic carbocycles. The van der Waals surface area contributed by atoms with Crippen LogP contribution in [0, 0.1) is 0 Å². The third-order valence-electron chi connectivity index (χ3n) is 7.52. The topological polar surface area (TPSA) is 57.6 Å². The van der Waals surface area contributed by atoms with Gasteiger partial charge in [0.1, 0.15) is 23.4 Å². The Hall–Kier alpha value is -2.88. The first-order chi connectivity index (χ1) is 19.4. The van der Waals surface area contributed by atoms with Gasteiger partial charge in [-0.1, -0.05) is 63.0 Å². The fourth-order valence-electron chi connectivity index (χ4n) is 5.35. The predicted molar refractivity (Wildman–Crippen MR) is 165 cm³/mol. The molecule has 2 heterocycles. The number of methoxy groups -OCH3 is 1. The number of ether oxygens (including phenoxy) is 2. The van der Waals surface area contributed by atoms with Crippen molar-refractivity contribution < 1.29 is 14.3 Å². The average molecular weight is 670 g/mol. The van der Waals surface area contributed by atoms with Crippen molar-refractivity contribution in [3.8, 4) is 11.5 Å². The summed E-state index contributed by atoms with van der Waals surface area (Å²) in [6.45, 7) is 8.63. The van der Waals surface area contributed by atoms with Gasteiger partial charge in [-0.15, -0.1) is 0 Å². The Bertz CT molecular complexity index is 1360. The van der Waals surface area contributed by atoms with Crippen LogP contribution in [0.1, 0.15) is 42.6 Å². The van der Waals surface area contributed by atoms with Crippen LogP contribution < -0.4 is 9.47 Å². The number of piperazine rings is 1. The molecule has 2 amide bonds. The van der Waals surface area contributed by atoms with Gasteiger partial charge < -0.3 is 19.3 Å². The van der Waals surface area contributed by atoms with E-state index in [9.17, 15) is 4.79 Å². The number of carbonyl (C=O) groups is 1. The number of amides is 2. The van der Waals surface area contributed by atoms with Crippen LogP contribution in [0.4, 0.5) is 4.79 Å². The monoisotopic (exact) mass is 668 g/mol. The molecule has 0 N–H and O–H groups in total. The van der Waals surface area contributed by atoms with E-state index in [4.69, 9.17) is 14.5 Å². The van der Waals surface area contributed by atoms with Gasteiger partial charge in [0.05, 0.1) is 25.3 Å². The van der Waals surface area contributed by atoms with Crippen LogP contribution in [0.25, 0.3) is 0 Å². The van der Waals surface area contributed by atoms with Gasteiger partial charge in [0.25, 0.3) is 0 Å². The van der Waals surface area contributed by atoms with E-state index in [1.165, 1.54) is 0 Å². The summed E-state index contributed by atoms with van der Waals surface area (Å²) in [5.74, 6) is 1.93. The molecule has 0 aliphatic carbocycles. The van der Waals surface area contributed by atoms with E-state index in [0.29, 0.717) is 37.0 Å². The molecule has 0 bridgehead atoms. The van der Waals surface area contributed by atoms with Gasteiger partial charge >= 0.3 is 6.03 Å². The lowest BCUT2D eigenvalue weighted by Crippen LogP contribution is -2.54. The van der Waals surface area contributed by atoms with Crippen LogP contribution >= 0.6 is 31.9 Å². The van der Waals surface area contributed by atoms with E-state index < -0.39 is 0 Å². The minimum atomic E-state index is -0.336. The van der Waals surface area contributed by atoms with Crippen molar-refractivity contribution in [3.63, 3.8) is 0 Å². The summed E-state index contributed by atoms with van der Waals surface area (Å²) in [6.07, 6.45) is 0. The highest BCUT2D eigenvalue weighted by Crippen LogP contribution is 2.45. The van der Waals surface area contributed by atoms with Crippen molar-refractivity contribution in [2.45, 2.75) is 25.9 Å². The molecular weight excluding hydrogens is 636 g/mol. The number of aliphatic imine (C=N–C) groups is 1. The summed E-state index contributed by atoms with van der Waals surface area (Å²) in [5.41, 5.74) is 2.82. The smallest absolute Gasteiger partial charge is 0.326 e. The number of carbonyl (C=O) groups excluding carboxylic acids is 1. The molecule has 7 nitrogen and oxygen atoms in total. The zero-order valence-corrected chi connectivity index (χ0v) is 26.2. The molecular formula is C31H34Br2N4O3. The van der Waals surface area contributed by atoms with Crippen LogP contribution in [0.3, 0.4) is 0 Å². The molecule has 5 rings (SSSR count). The maximum Gasteiger partial charge on any atom is 0.326 e. The first-order valence-electron chi connectivity index (χ1n) is 13.6. The Balaban J connectivity index is 1.66. The van der Waals surface area contributed by atoms with E-state index in [1.807, 2.05) is 59.2 Å². The Morgan fingerprint density at radius 1 is 0.900 bits per heavy atom. The predicted octanol–water partition coefficient (Wildman–Crippen LogP) is 6.92. The summed E-state index contributed by atoms with van der Waals surface area (Å²) in [4.78, 5) is 26.0. The molecule has 2 aliphatic rings.